The molecule has 1 aliphatic carbocycles. The van der Waals surface area contributed by atoms with Gasteiger partial charge in [0, 0.05) is 4.88 Å². The van der Waals surface area contributed by atoms with Crippen LogP contribution in [0.5, 0.6) is 5.75 Å². The fraction of sp³-hybridized carbons (Fsp3) is 0.474. The third-order valence-corrected chi connectivity index (χ3v) is 4.86. The molecule has 3 rings (SSSR count). The Kier molecular flexibility index (Phi) is 7.47. The molecule has 2 N–H and O–H groups in total. The highest BCUT2D eigenvalue weighted by Crippen LogP contribution is 2.27. The molecule has 3 heteroatoms. The molecular weight excluding hydrogens is 290 g/mol. The third kappa shape index (κ3) is 5.47. The summed E-state index contributed by atoms with van der Waals surface area (Å²) in [5.74, 6) is 0.488. The van der Waals surface area contributed by atoms with Gasteiger partial charge in [0.05, 0.1) is 0 Å². The van der Waals surface area contributed by atoms with Crippen molar-refractivity contribution in [1.82, 2.24) is 5.32 Å². The number of aryl methyl sites for hydroxylation is 1. The number of benzene rings is 1. The zero-order valence-corrected chi connectivity index (χ0v) is 14.3. The van der Waals surface area contributed by atoms with Crippen LogP contribution in [0, 0.1) is 0 Å². The number of nitrogens with one attached hydrogen (secondary N) is 1. The average Bonchev–Trinajstić information content (AvgIpc) is 3.06. The van der Waals surface area contributed by atoms with E-state index in [1.54, 1.807) is 6.07 Å². The van der Waals surface area contributed by atoms with Crippen LogP contribution in [0.4, 0.5) is 0 Å². The number of fused-ring (bicyclic) bond motifs is 1. The zero-order chi connectivity index (χ0) is 15.6. The Morgan fingerprint density at radius 3 is 2.68 bits per heavy atom. The first-order valence-electron chi connectivity index (χ1n) is 8.34. The van der Waals surface area contributed by atoms with Crippen molar-refractivity contribution in [2.45, 2.75) is 45.4 Å². The van der Waals surface area contributed by atoms with Crippen molar-refractivity contribution in [3.8, 4) is 5.75 Å². The van der Waals surface area contributed by atoms with Crippen molar-refractivity contribution >= 4 is 11.3 Å². The van der Waals surface area contributed by atoms with Crippen molar-refractivity contribution in [2.24, 2.45) is 0 Å². The molecule has 0 aliphatic heterocycles. The first-order valence-corrected chi connectivity index (χ1v) is 9.22. The van der Waals surface area contributed by atoms with E-state index in [0.717, 1.165) is 25.9 Å². The van der Waals surface area contributed by atoms with Gasteiger partial charge in [-0.05, 0) is 80.3 Å². The predicted molar refractivity (Wildman–Crippen MR) is 95.9 cm³/mol. The van der Waals surface area contributed by atoms with Gasteiger partial charge in [0.15, 0.2) is 0 Å². The molecule has 2 aromatic rings. The Morgan fingerprint density at radius 1 is 1.09 bits per heavy atom. The smallest absolute Gasteiger partial charge is 0.119 e. The second-order valence-corrected chi connectivity index (χ2v) is 6.73. The monoisotopic (exact) mass is 317 g/mol. The minimum Gasteiger partial charge on any atom is -0.508 e. The highest BCUT2D eigenvalue weighted by molar-refractivity contribution is 7.09. The first kappa shape index (κ1) is 17.0. The molecule has 0 amide bonds. The van der Waals surface area contributed by atoms with Gasteiger partial charge in [-0.25, -0.2) is 0 Å². The van der Waals surface area contributed by atoms with E-state index in [4.69, 9.17) is 0 Å². The van der Waals surface area contributed by atoms with Crippen molar-refractivity contribution in [1.29, 1.82) is 0 Å². The topological polar surface area (TPSA) is 32.3 Å². The molecule has 1 aliphatic rings. The SMILES string of the molecule is CCCNCCc1cccs1.Oc1cccc2c1CCCC2. The maximum Gasteiger partial charge on any atom is 0.119 e. The Labute approximate surface area is 138 Å². The lowest BCUT2D eigenvalue weighted by Gasteiger charge is -2.15. The molecule has 1 aromatic heterocycles. The molecule has 0 bridgehead atoms. The van der Waals surface area contributed by atoms with Gasteiger partial charge in [0.1, 0.15) is 5.75 Å². The Hall–Kier alpha value is -1.32. The van der Waals surface area contributed by atoms with E-state index in [1.807, 2.05) is 17.4 Å². The molecule has 0 saturated heterocycles. The van der Waals surface area contributed by atoms with E-state index in [1.165, 1.54) is 41.7 Å². The third-order valence-electron chi connectivity index (χ3n) is 3.93. The summed E-state index contributed by atoms with van der Waals surface area (Å²) >= 11 is 1.84. The van der Waals surface area contributed by atoms with E-state index in [9.17, 15) is 5.11 Å². The summed E-state index contributed by atoms with van der Waals surface area (Å²) in [6, 6.07) is 10.1. The quantitative estimate of drug-likeness (QED) is 0.792. The summed E-state index contributed by atoms with van der Waals surface area (Å²) in [7, 11) is 0. The van der Waals surface area contributed by atoms with E-state index in [-0.39, 0.29) is 0 Å². The van der Waals surface area contributed by atoms with Crippen LogP contribution in [-0.2, 0) is 19.3 Å². The van der Waals surface area contributed by atoms with E-state index < -0.39 is 0 Å². The van der Waals surface area contributed by atoms with Crippen LogP contribution in [0.2, 0.25) is 0 Å². The Balaban J connectivity index is 0.000000160. The largest absolute Gasteiger partial charge is 0.508 e. The molecule has 0 radical (unpaired) electrons. The summed E-state index contributed by atoms with van der Waals surface area (Å²) in [6.45, 7) is 4.46. The molecule has 1 heterocycles. The number of phenols is 1. The number of rotatable bonds is 5. The fourth-order valence-corrected chi connectivity index (χ4v) is 3.44. The number of aromatic hydroxyl groups is 1. The van der Waals surface area contributed by atoms with Gasteiger partial charge in [0.25, 0.3) is 0 Å². The fourth-order valence-electron chi connectivity index (χ4n) is 2.73. The lowest BCUT2D eigenvalue weighted by molar-refractivity contribution is 0.462. The molecular formula is C19H27NOS. The number of thiophene rings is 1. The van der Waals surface area contributed by atoms with E-state index in [2.05, 4.69) is 35.8 Å². The Morgan fingerprint density at radius 2 is 1.95 bits per heavy atom. The van der Waals surface area contributed by atoms with Gasteiger partial charge in [-0.3, -0.25) is 0 Å². The van der Waals surface area contributed by atoms with Crippen LogP contribution in [0.1, 0.15) is 42.2 Å². The van der Waals surface area contributed by atoms with Crippen LogP contribution in [0.15, 0.2) is 35.7 Å². The van der Waals surface area contributed by atoms with Crippen molar-refractivity contribution in [2.75, 3.05) is 13.1 Å². The van der Waals surface area contributed by atoms with Crippen LogP contribution in [-0.4, -0.2) is 18.2 Å². The van der Waals surface area contributed by atoms with Crippen LogP contribution in [0.3, 0.4) is 0 Å². The highest BCUT2D eigenvalue weighted by Gasteiger charge is 2.11. The lowest BCUT2D eigenvalue weighted by Crippen LogP contribution is -2.17. The number of hydrogen-bond acceptors (Lipinski definition) is 3. The summed E-state index contributed by atoms with van der Waals surface area (Å²) in [5.41, 5.74) is 2.52. The molecule has 0 atom stereocenters. The second-order valence-electron chi connectivity index (χ2n) is 5.70. The summed E-state index contributed by atoms with van der Waals surface area (Å²) < 4.78 is 0. The minimum absolute atomic E-state index is 0.488. The molecule has 2 nitrogen and oxygen atoms in total. The molecule has 0 unspecified atom stereocenters. The van der Waals surface area contributed by atoms with Crippen LogP contribution >= 0.6 is 11.3 Å². The summed E-state index contributed by atoms with van der Waals surface area (Å²) in [5, 5.41) is 15.0. The number of hydrogen-bond donors (Lipinski definition) is 2. The first-order chi connectivity index (χ1) is 10.8. The van der Waals surface area contributed by atoms with Gasteiger partial charge in [-0.2, -0.15) is 0 Å². The summed E-state index contributed by atoms with van der Waals surface area (Å²) in [6.07, 6.45) is 7.11. The van der Waals surface area contributed by atoms with Crippen LogP contribution < -0.4 is 5.32 Å². The minimum atomic E-state index is 0.488. The average molecular weight is 317 g/mol. The molecule has 0 fully saturated rings. The molecule has 1 aromatic carbocycles. The number of phenolic OH excluding ortho intramolecular Hbond substituents is 1. The molecule has 0 saturated carbocycles. The molecule has 0 spiro atoms. The van der Waals surface area contributed by atoms with E-state index >= 15 is 0 Å². The van der Waals surface area contributed by atoms with Gasteiger partial charge in [-0.15, -0.1) is 11.3 Å². The maximum absolute atomic E-state index is 9.46. The highest BCUT2D eigenvalue weighted by atomic mass is 32.1. The van der Waals surface area contributed by atoms with Crippen molar-refractivity contribution in [3.05, 3.63) is 51.7 Å². The van der Waals surface area contributed by atoms with Gasteiger partial charge >= 0.3 is 0 Å². The van der Waals surface area contributed by atoms with Crippen molar-refractivity contribution < 1.29 is 5.11 Å². The van der Waals surface area contributed by atoms with Crippen LogP contribution in [0.25, 0.3) is 0 Å². The summed E-state index contributed by atoms with van der Waals surface area (Å²) in [4.78, 5) is 1.48. The normalized spacial score (nSPS) is 13.1. The van der Waals surface area contributed by atoms with E-state index in [0.29, 0.717) is 5.75 Å². The maximum atomic E-state index is 9.46. The zero-order valence-electron chi connectivity index (χ0n) is 13.5. The van der Waals surface area contributed by atoms with Gasteiger partial charge < -0.3 is 10.4 Å². The van der Waals surface area contributed by atoms with Gasteiger partial charge in [-0.1, -0.05) is 25.1 Å². The molecule has 22 heavy (non-hydrogen) atoms. The second kappa shape index (κ2) is 9.65. The van der Waals surface area contributed by atoms with Crippen molar-refractivity contribution in [3.63, 3.8) is 0 Å². The van der Waals surface area contributed by atoms with Gasteiger partial charge in [0.2, 0.25) is 0 Å². The standard InChI is InChI=1S/C10H12O.C9H15NS/c11-10-7-3-5-8-4-1-2-6-9(8)10;1-2-6-10-7-5-9-4-3-8-11-9/h3,5,7,11H,1-2,4,6H2;3-4,8,10H,2,5-7H2,1H3. The Bertz CT molecular complexity index is 536. The predicted octanol–water partition coefficient (Wildman–Crippen LogP) is 4.56. The molecule has 120 valence electrons. The lowest BCUT2D eigenvalue weighted by atomic mass is 9.91.